The Morgan fingerprint density at radius 1 is 1.03 bits per heavy atom. The summed E-state index contributed by atoms with van der Waals surface area (Å²) < 4.78 is 25.2. The summed E-state index contributed by atoms with van der Waals surface area (Å²) in [6.45, 7) is 13.3. The first-order valence-electron chi connectivity index (χ1n) is 13.2. The summed E-state index contributed by atoms with van der Waals surface area (Å²) >= 11 is 0. The van der Waals surface area contributed by atoms with Crippen LogP contribution < -0.4 is 15.5 Å². The summed E-state index contributed by atoms with van der Waals surface area (Å²) in [5.41, 5.74) is 2.07. The molecule has 0 saturated heterocycles. The Morgan fingerprint density at radius 3 is 2.39 bits per heavy atom. The molecule has 0 saturated carbocycles. The van der Waals surface area contributed by atoms with Crippen LogP contribution in [0.3, 0.4) is 0 Å². The van der Waals surface area contributed by atoms with Crippen LogP contribution in [-0.2, 0) is 27.3 Å². The Hall–Kier alpha value is -3.13. The molecule has 1 aliphatic heterocycles. The minimum absolute atomic E-state index is 0.214. The van der Waals surface area contributed by atoms with E-state index in [1.807, 2.05) is 51.1 Å². The molecule has 8 heteroatoms. The molecule has 1 unspecified atom stereocenters. The maximum Gasteiger partial charge on any atom is 0.408 e. The van der Waals surface area contributed by atoms with Gasteiger partial charge in [0, 0.05) is 18.8 Å². The molecule has 2 aromatic rings. The number of benzene rings is 2. The number of ether oxygens (including phenoxy) is 2. The van der Waals surface area contributed by atoms with E-state index >= 15 is 0 Å². The van der Waals surface area contributed by atoms with Crippen LogP contribution in [0.2, 0.25) is 0 Å². The molecule has 3 rings (SSSR count). The van der Waals surface area contributed by atoms with Gasteiger partial charge >= 0.3 is 6.09 Å². The van der Waals surface area contributed by atoms with Gasteiger partial charge in [-0.15, -0.1) is 0 Å². The van der Waals surface area contributed by atoms with Crippen molar-refractivity contribution in [1.82, 2.24) is 10.6 Å². The van der Waals surface area contributed by atoms with Crippen molar-refractivity contribution in [3.05, 3.63) is 65.5 Å². The summed E-state index contributed by atoms with van der Waals surface area (Å²) in [6.07, 6.45) is 0.543. The molecule has 0 aromatic heterocycles. The number of anilines is 1. The number of hydrogen-bond donors (Lipinski definition) is 2. The van der Waals surface area contributed by atoms with E-state index in [1.54, 1.807) is 32.9 Å². The lowest BCUT2D eigenvalue weighted by molar-refractivity contribution is -0.125. The molecule has 2 amide bonds. The Kier molecular flexibility index (Phi) is 9.77. The SMILES string of the molecule is CC(C)(C)CC(NC(=O)OC(C)(C)C)C(=O)N[C@H](COCc1ccccc1)CN1CCc2cc(F)ccc21. The topological polar surface area (TPSA) is 79.9 Å². The largest absolute Gasteiger partial charge is 0.444 e. The maximum atomic E-state index is 13.7. The van der Waals surface area contributed by atoms with E-state index in [0.717, 1.165) is 29.8 Å². The Balaban J connectivity index is 1.73. The molecule has 0 aliphatic carbocycles. The average Bonchev–Trinajstić information content (AvgIpc) is 3.18. The van der Waals surface area contributed by atoms with Gasteiger partial charge in [-0.25, -0.2) is 9.18 Å². The van der Waals surface area contributed by atoms with E-state index in [-0.39, 0.29) is 29.8 Å². The van der Waals surface area contributed by atoms with Crippen molar-refractivity contribution in [2.75, 3.05) is 24.6 Å². The zero-order chi connectivity index (χ0) is 27.9. The third-order valence-electron chi connectivity index (χ3n) is 6.07. The maximum absolute atomic E-state index is 13.7. The quantitative estimate of drug-likeness (QED) is 0.443. The predicted molar refractivity (Wildman–Crippen MR) is 148 cm³/mol. The summed E-state index contributed by atoms with van der Waals surface area (Å²) in [4.78, 5) is 28.2. The molecule has 0 radical (unpaired) electrons. The Bertz CT molecular complexity index is 1080. The molecule has 2 atom stereocenters. The number of nitrogens with zero attached hydrogens (tertiary/aromatic N) is 1. The highest BCUT2D eigenvalue weighted by molar-refractivity contribution is 5.86. The third-order valence-corrected chi connectivity index (χ3v) is 6.07. The van der Waals surface area contributed by atoms with Crippen molar-refractivity contribution < 1.29 is 23.5 Å². The predicted octanol–water partition coefficient (Wildman–Crippen LogP) is 5.22. The number of fused-ring (bicyclic) bond motifs is 1. The number of alkyl carbamates (subject to hydrolysis) is 1. The molecule has 208 valence electrons. The van der Waals surface area contributed by atoms with Gasteiger partial charge < -0.3 is 25.0 Å². The number of rotatable bonds is 10. The smallest absolute Gasteiger partial charge is 0.408 e. The van der Waals surface area contributed by atoms with E-state index < -0.39 is 17.7 Å². The fourth-order valence-corrected chi connectivity index (χ4v) is 4.50. The van der Waals surface area contributed by atoms with Gasteiger partial charge in [0.2, 0.25) is 5.91 Å². The summed E-state index contributed by atoms with van der Waals surface area (Å²) in [7, 11) is 0. The Morgan fingerprint density at radius 2 is 1.74 bits per heavy atom. The molecule has 0 spiro atoms. The molecule has 1 aliphatic rings. The second kappa shape index (κ2) is 12.6. The number of halogens is 1. The van der Waals surface area contributed by atoms with Gasteiger partial charge in [0.1, 0.15) is 17.5 Å². The van der Waals surface area contributed by atoms with E-state index in [9.17, 15) is 14.0 Å². The lowest BCUT2D eigenvalue weighted by Gasteiger charge is -2.31. The highest BCUT2D eigenvalue weighted by Crippen LogP contribution is 2.28. The molecule has 0 fully saturated rings. The second-order valence-electron chi connectivity index (χ2n) is 12.1. The molecule has 2 aromatic carbocycles. The van der Waals surface area contributed by atoms with Gasteiger partial charge in [0.05, 0.1) is 19.3 Å². The first-order valence-corrected chi connectivity index (χ1v) is 13.2. The normalized spacial score (nSPS) is 15.0. The van der Waals surface area contributed by atoms with Gasteiger partial charge in [-0.05, 0) is 68.4 Å². The lowest BCUT2D eigenvalue weighted by atomic mass is 9.87. The first-order chi connectivity index (χ1) is 17.8. The van der Waals surface area contributed by atoms with Crippen molar-refractivity contribution in [3.63, 3.8) is 0 Å². The zero-order valence-electron chi connectivity index (χ0n) is 23.5. The van der Waals surface area contributed by atoms with Crippen molar-refractivity contribution in [3.8, 4) is 0 Å². The minimum Gasteiger partial charge on any atom is -0.444 e. The highest BCUT2D eigenvalue weighted by Gasteiger charge is 2.31. The van der Waals surface area contributed by atoms with Crippen LogP contribution in [0.15, 0.2) is 48.5 Å². The van der Waals surface area contributed by atoms with Crippen LogP contribution in [0.25, 0.3) is 0 Å². The van der Waals surface area contributed by atoms with Crippen LogP contribution in [-0.4, -0.2) is 49.4 Å². The van der Waals surface area contributed by atoms with E-state index in [2.05, 4.69) is 15.5 Å². The lowest BCUT2D eigenvalue weighted by Crippen LogP contribution is -2.54. The molecule has 0 bridgehead atoms. The molecule has 38 heavy (non-hydrogen) atoms. The number of amides is 2. The Labute approximate surface area is 226 Å². The van der Waals surface area contributed by atoms with Crippen molar-refractivity contribution in [2.24, 2.45) is 5.41 Å². The summed E-state index contributed by atoms with van der Waals surface area (Å²) in [5.74, 6) is -0.544. The zero-order valence-corrected chi connectivity index (χ0v) is 23.5. The van der Waals surface area contributed by atoms with Crippen LogP contribution in [0, 0.1) is 11.2 Å². The fraction of sp³-hybridized carbons (Fsp3) is 0.533. The van der Waals surface area contributed by atoms with Gasteiger partial charge in [-0.2, -0.15) is 0 Å². The average molecular weight is 528 g/mol. The van der Waals surface area contributed by atoms with Crippen molar-refractivity contribution in [1.29, 1.82) is 0 Å². The van der Waals surface area contributed by atoms with Crippen LogP contribution in [0.1, 0.15) is 59.1 Å². The van der Waals surface area contributed by atoms with E-state index in [1.165, 1.54) is 6.07 Å². The van der Waals surface area contributed by atoms with Crippen LogP contribution >= 0.6 is 0 Å². The van der Waals surface area contributed by atoms with Crippen molar-refractivity contribution >= 4 is 17.7 Å². The molecule has 2 N–H and O–H groups in total. The fourth-order valence-electron chi connectivity index (χ4n) is 4.50. The van der Waals surface area contributed by atoms with Gasteiger partial charge in [-0.3, -0.25) is 4.79 Å². The summed E-state index contributed by atoms with van der Waals surface area (Å²) in [6, 6.07) is 13.5. The van der Waals surface area contributed by atoms with Gasteiger partial charge in [-0.1, -0.05) is 51.1 Å². The molecule has 7 nitrogen and oxygen atoms in total. The number of carbonyl (C=O) groups excluding carboxylic acids is 2. The van der Waals surface area contributed by atoms with Gasteiger partial charge in [0.15, 0.2) is 0 Å². The number of hydrogen-bond acceptors (Lipinski definition) is 5. The molecular formula is C30H42FN3O4. The third kappa shape index (κ3) is 9.63. The number of nitrogens with one attached hydrogen (secondary N) is 2. The molecule has 1 heterocycles. The number of carbonyl (C=O) groups is 2. The minimum atomic E-state index is -0.776. The standard InChI is InChI=1S/C30H42FN3O4/c1-29(2,3)17-25(33-28(36)38-30(4,5)6)27(35)32-24(20-37-19-21-10-8-7-9-11-21)18-34-15-14-22-16-23(31)12-13-26(22)34/h7-13,16,24-25H,14-15,17-20H2,1-6H3,(H,32,35)(H,33,36)/t24-,25?/m0/s1. The second-order valence-corrected chi connectivity index (χ2v) is 12.1. The van der Waals surface area contributed by atoms with Crippen molar-refractivity contribution in [2.45, 2.75) is 78.7 Å². The summed E-state index contributed by atoms with van der Waals surface area (Å²) in [5, 5.41) is 5.88. The molecular weight excluding hydrogens is 485 g/mol. The van der Waals surface area contributed by atoms with Crippen LogP contribution in [0.5, 0.6) is 0 Å². The van der Waals surface area contributed by atoms with Crippen LogP contribution in [0.4, 0.5) is 14.9 Å². The van der Waals surface area contributed by atoms with E-state index in [4.69, 9.17) is 9.47 Å². The van der Waals surface area contributed by atoms with Gasteiger partial charge in [0.25, 0.3) is 0 Å². The highest BCUT2D eigenvalue weighted by atomic mass is 19.1. The first kappa shape index (κ1) is 29.4. The monoisotopic (exact) mass is 527 g/mol. The van der Waals surface area contributed by atoms with E-state index in [0.29, 0.717) is 19.6 Å².